The van der Waals surface area contributed by atoms with Crippen LogP contribution in [0.25, 0.3) is 16.3 Å². The molecule has 2 aromatic heterocycles. The summed E-state index contributed by atoms with van der Waals surface area (Å²) in [7, 11) is 1.58. The molecule has 0 atom stereocenters. The van der Waals surface area contributed by atoms with Crippen LogP contribution >= 0.6 is 11.3 Å². The van der Waals surface area contributed by atoms with Crippen LogP contribution in [-0.2, 0) is 0 Å². The Labute approximate surface area is 153 Å². The summed E-state index contributed by atoms with van der Waals surface area (Å²) in [6.07, 6.45) is 0. The molecule has 0 unspecified atom stereocenters. The molecule has 4 aromatic rings. The van der Waals surface area contributed by atoms with Crippen LogP contribution in [0.2, 0.25) is 0 Å². The molecule has 0 radical (unpaired) electrons. The number of aromatic nitrogens is 4. The fourth-order valence-corrected chi connectivity index (χ4v) is 3.31. The predicted molar refractivity (Wildman–Crippen MR) is 99.8 cm³/mol. The first-order valence-corrected chi connectivity index (χ1v) is 8.71. The van der Waals surface area contributed by atoms with Crippen molar-refractivity contribution in [2.24, 2.45) is 0 Å². The minimum absolute atomic E-state index is 0.241. The third-order valence-electron chi connectivity index (χ3n) is 3.95. The number of fused-ring (bicyclic) bond motifs is 1. The van der Waals surface area contributed by atoms with E-state index in [4.69, 9.17) is 4.74 Å². The highest BCUT2D eigenvalue weighted by Crippen LogP contribution is 2.26. The lowest BCUT2D eigenvalue weighted by atomic mass is 10.1. The minimum Gasteiger partial charge on any atom is -0.497 e. The van der Waals surface area contributed by atoms with Gasteiger partial charge in [0.1, 0.15) is 5.75 Å². The lowest BCUT2D eigenvalue weighted by molar-refractivity contribution is 0.102. The van der Waals surface area contributed by atoms with Gasteiger partial charge < -0.3 is 4.74 Å². The molecular formula is C18H15N5O2S. The van der Waals surface area contributed by atoms with E-state index in [0.29, 0.717) is 27.2 Å². The molecule has 2 aromatic carbocycles. The Hall–Kier alpha value is -3.26. The largest absolute Gasteiger partial charge is 0.497 e. The summed E-state index contributed by atoms with van der Waals surface area (Å²) in [4.78, 5) is 13.0. The van der Waals surface area contributed by atoms with E-state index in [-0.39, 0.29) is 5.91 Å². The highest BCUT2D eigenvalue weighted by atomic mass is 32.1. The van der Waals surface area contributed by atoms with Gasteiger partial charge in [0.15, 0.2) is 5.82 Å². The zero-order valence-electron chi connectivity index (χ0n) is 14.1. The highest BCUT2D eigenvalue weighted by molar-refractivity contribution is 7.20. The van der Waals surface area contributed by atoms with Crippen LogP contribution in [0.5, 0.6) is 5.75 Å². The van der Waals surface area contributed by atoms with Crippen LogP contribution in [0.3, 0.4) is 0 Å². The van der Waals surface area contributed by atoms with E-state index >= 15 is 0 Å². The van der Waals surface area contributed by atoms with Gasteiger partial charge >= 0.3 is 0 Å². The Morgan fingerprint density at radius 2 is 1.88 bits per heavy atom. The molecule has 4 rings (SSSR count). The van der Waals surface area contributed by atoms with E-state index in [1.54, 1.807) is 35.9 Å². The molecule has 2 heterocycles. The highest BCUT2D eigenvalue weighted by Gasteiger charge is 2.16. The predicted octanol–water partition coefficient (Wildman–Crippen LogP) is 3.42. The van der Waals surface area contributed by atoms with Crippen LogP contribution < -0.4 is 10.1 Å². The molecule has 0 fully saturated rings. The molecule has 0 spiro atoms. The van der Waals surface area contributed by atoms with Gasteiger partial charge in [0.25, 0.3) is 5.91 Å². The van der Waals surface area contributed by atoms with Crippen molar-refractivity contribution in [3.8, 4) is 17.1 Å². The van der Waals surface area contributed by atoms with Gasteiger partial charge in [-0.1, -0.05) is 35.6 Å². The third kappa shape index (κ3) is 2.91. The van der Waals surface area contributed by atoms with Gasteiger partial charge in [-0.25, -0.2) is 0 Å². The Morgan fingerprint density at radius 3 is 2.62 bits per heavy atom. The first-order valence-electron chi connectivity index (χ1n) is 7.89. The van der Waals surface area contributed by atoms with E-state index in [0.717, 1.165) is 11.1 Å². The Morgan fingerprint density at radius 1 is 1.12 bits per heavy atom. The first-order chi connectivity index (χ1) is 12.7. The Kier molecular flexibility index (Phi) is 4.10. The number of nitrogens with zero attached hydrogens (tertiary/aromatic N) is 4. The van der Waals surface area contributed by atoms with Crippen LogP contribution in [0, 0.1) is 6.92 Å². The van der Waals surface area contributed by atoms with Crippen molar-refractivity contribution >= 4 is 27.3 Å². The maximum absolute atomic E-state index is 12.4. The minimum atomic E-state index is -0.241. The van der Waals surface area contributed by atoms with Crippen LogP contribution in [0.4, 0.5) is 5.13 Å². The summed E-state index contributed by atoms with van der Waals surface area (Å²) < 4.78 is 6.75. The van der Waals surface area contributed by atoms with Crippen molar-refractivity contribution in [2.75, 3.05) is 12.4 Å². The number of benzene rings is 2. The molecule has 7 nitrogen and oxygen atoms in total. The van der Waals surface area contributed by atoms with Gasteiger partial charge in [0.05, 0.1) is 7.11 Å². The number of rotatable bonds is 4. The number of amides is 1. The SMILES string of the molecule is COc1ccc(C(=O)Nc2nn3c(-c4ccccc4C)nnc3s2)cc1. The number of methoxy groups -OCH3 is 1. The van der Waals surface area contributed by atoms with E-state index in [9.17, 15) is 4.79 Å². The van der Waals surface area contributed by atoms with Crippen molar-refractivity contribution in [3.63, 3.8) is 0 Å². The van der Waals surface area contributed by atoms with Gasteiger partial charge in [-0.2, -0.15) is 4.52 Å². The average molecular weight is 365 g/mol. The molecule has 0 aliphatic rings. The number of hydrogen-bond donors (Lipinski definition) is 1. The molecular weight excluding hydrogens is 350 g/mol. The average Bonchev–Trinajstić information content (AvgIpc) is 3.22. The summed E-state index contributed by atoms with van der Waals surface area (Å²) in [5.41, 5.74) is 2.56. The summed E-state index contributed by atoms with van der Waals surface area (Å²) in [6, 6.07) is 14.8. The Balaban J connectivity index is 1.62. The Bertz CT molecular complexity index is 1080. The number of anilines is 1. The fourth-order valence-electron chi connectivity index (χ4n) is 2.57. The van der Waals surface area contributed by atoms with Crippen LogP contribution in [0.15, 0.2) is 48.5 Å². The molecule has 0 aliphatic carbocycles. The number of nitrogens with one attached hydrogen (secondary N) is 1. The van der Waals surface area contributed by atoms with E-state index < -0.39 is 0 Å². The quantitative estimate of drug-likeness (QED) is 0.599. The van der Waals surface area contributed by atoms with Crippen molar-refractivity contribution in [1.29, 1.82) is 0 Å². The summed E-state index contributed by atoms with van der Waals surface area (Å²) in [6.45, 7) is 2.01. The third-order valence-corrected chi connectivity index (χ3v) is 4.76. The van der Waals surface area contributed by atoms with Crippen molar-refractivity contribution in [2.45, 2.75) is 6.92 Å². The van der Waals surface area contributed by atoms with Gasteiger partial charge in [-0.3, -0.25) is 10.1 Å². The number of carbonyl (C=O) groups is 1. The summed E-state index contributed by atoms with van der Waals surface area (Å²) in [5, 5.41) is 16.1. The maximum Gasteiger partial charge on any atom is 0.257 e. The maximum atomic E-state index is 12.4. The van der Waals surface area contributed by atoms with E-state index in [1.165, 1.54) is 11.3 Å². The molecule has 8 heteroatoms. The normalized spacial score (nSPS) is 10.8. The second kappa shape index (κ2) is 6.57. The molecule has 1 amide bonds. The van der Waals surface area contributed by atoms with Gasteiger partial charge in [-0.05, 0) is 36.8 Å². The smallest absolute Gasteiger partial charge is 0.257 e. The number of hydrogen-bond acceptors (Lipinski definition) is 6. The van der Waals surface area contributed by atoms with E-state index in [2.05, 4.69) is 20.6 Å². The van der Waals surface area contributed by atoms with Crippen LogP contribution in [-0.4, -0.2) is 32.8 Å². The monoisotopic (exact) mass is 365 g/mol. The van der Waals surface area contributed by atoms with Crippen molar-refractivity contribution < 1.29 is 9.53 Å². The molecule has 26 heavy (non-hydrogen) atoms. The van der Waals surface area contributed by atoms with E-state index in [1.807, 2.05) is 31.2 Å². The molecule has 0 saturated carbocycles. The molecule has 1 N–H and O–H groups in total. The zero-order chi connectivity index (χ0) is 18.1. The second-order valence-electron chi connectivity index (χ2n) is 5.62. The topological polar surface area (TPSA) is 81.4 Å². The van der Waals surface area contributed by atoms with Gasteiger partial charge in [-0.15, -0.1) is 15.3 Å². The standard InChI is InChI=1S/C18H15N5O2S/c1-11-5-3-4-6-14(11)15-20-21-18-23(15)22-17(26-18)19-16(24)12-7-9-13(25-2)10-8-12/h3-10H,1-2H3,(H,19,22,24). The molecule has 0 bridgehead atoms. The van der Waals surface area contributed by atoms with Gasteiger partial charge in [0.2, 0.25) is 10.1 Å². The zero-order valence-corrected chi connectivity index (χ0v) is 14.9. The number of carbonyl (C=O) groups excluding carboxylic acids is 1. The lowest BCUT2D eigenvalue weighted by Gasteiger charge is -2.03. The lowest BCUT2D eigenvalue weighted by Crippen LogP contribution is -2.11. The van der Waals surface area contributed by atoms with Crippen molar-refractivity contribution in [3.05, 3.63) is 59.7 Å². The van der Waals surface area contributed by atoms with Gasteiger partial charge in [0, 0.05) is 11.1 Å². The summed E-state index contributed by atoms with van der Waals surface area (Å²) in [5.74, 6) is 1.11. The molecule has 0 aliphatic heterocycles. The summed E-state index contributed by atoms with van der Waals surface area (Å²) >= 11 is 1.27. The fraction of sp³-hybridized carbons (Fsp3) is 0.111. The first kappa shape index (κ1) is 16.2. The second-order valence-corrected chi connectivity index (χ2v) is 6.58. The molecule has 130 valence electrons. The number of aryl methyl sites for hydroxylation is 1. The number of ether oxygens (including phenoxy) is 1. The van der Waals surface area contributed by atoms with Crippen molar-refractivity contribution in [1.82, 2.24) is 19.8 Å². The molecule has 0 saturated heterocycles. The van der Waals surface area contributed by atoms with Crippen LogP contribution in [0.1, 0.15) is 15.9 Å².